The van der Waals surface area contributed by atoms with Crippen LogP contribution < -0.4 is 5.32 Å². The van der Waals surface area contributed by atoms with Crippen molar-refractivity contribution < 1.29 is 0 Å². The number of nitrogens with zero attached hydrogens (tertiary/aromatic N) is 1. The Balaban J connectivity index is 1.91. The van der Waals surface area contributed by atoms with Crippen LogP contribution in [-0.4, -0.2) is 31.1 Å². The number of hydrogen-bond acceptors (Lipinski definition) is 2. The van der Waals surface area contributed by atoms with Crippen molar-refractivity contribution in [2.45, 2.75) is 25.9 Å². The van der Waals surface area contributed by atoms with E-state index in [-0.39, 0.29) is 0 Å². The molecule has 1 N–H and O–H groups in total. The van der Waals surface area contributed by atoms with Crippen molar-refractivity contribution in [3.05, 3.63) is 33.8 Å². The molecule has 1 aromatic carbocycles. The van der Waals surface area contributed by atoms with E-state index in [0.717, 1.165) is 30.2 Å². The number of benzene rings is 1. The lowest BCUT2D eigenvalue weighted by Crippen LogP contribution is -2.46. The number of likely N-dealkylation sites (tertiary alicyclic amines) is 1. The van der Waals surface area contributed by atoms with Crippen molar-refractivity contribution in [1.82, 2.24) is 10.2 Å². The summed E-state index contributed by atoms with van der Waals surface area (Å²) >= 11 is 12.1. The summed E-state index contributed by atoms with van der Waals surface area (Å²) in [5.74, 6) is 0.676. The van der Waals surface area contributed by atoms with Crippen LogP contribution in [0.5, 0.6) is 0 Å². The van der Waals surface area contributed by atoms with Gasteiger partial charge >= 0.3 is 0 Å². The van der Waals surface area contributed by atoms with E-state index in [0.29, 0.717) is 17.0 Å². The first-order chi connectivity index (χ1) is 8.56. The molecule has 1 aromatic rings. The monoisotopic (exact) mass is 286 g/mol. The second-order valence-corrected chi connectivity index (χ2v) is 6.09. The van der Waals surface area contributed by atoms with Gasteiger partial charge in [-0.2, -0.15) is 0 Å². The van der Waals surface area contributed by atoms with Crippen LogP contribution in [0.15, 0.2) is 18.2 Å². The van der Waals surface area contributed by atoms with Gasteiger partial charge in [0.2, 0.25) is 0 Å². The van der Waals surface area contributed by atoms with Gasteiger partial charge < -0.3 is 10.2 Å². The van der Waals surface area contributed by atoms with E-state index in [4.69, 9.17) is 23.2 Å². The number of rotatable bonds is 3. The summed E-state index contributed by atoms with van der Waals surface area (Å²) in [6.07, 6.45) is 1.20. The lowest BCUT2D eigenvalue weighted by atomic mass is 9.94. The van der Waals surface area contributed by atoms with Gasteiger partial charge in [-0.15, -0.1) is 0 Å². The molecular formula is C14H20Cl2N2. The molecule has 100 valence electrons. The molecule has 0 bridgehead atoms. The Kier molecular flexibility index (Phi) is 4.91. The van der Waals surface area contributed by atoms with Crippen LogP contribution in [0.4, 0.5) is 0 Å². The predicted octanol–water partition coefficient (Wildman–Crippen LogP) is 3.42. The van der Waals surface area contributed by atoms with E-state index in [2.05, 4.69) is 24.2 Å². The van der Waals surface area contributed by atoms with Gasteiger partial charge in [0.1, 0.15) is 0 Å². The molecule has 1 saturated heterocycles. The molecule has 2 rings (SSSR count). The molecule has 1 aliphatic heterocycles. The second-order valence-electron chi connectivity index (χ2n) is 5.25. The Morgan fingerprint density at radius 1 is 1.39 bits per heavy atom. The standard InChI is InChI=1S/C14H20Cl2N2/c1-10-9-18(2)6-5-14(10)17-8-11-3-4-12(15)7-13(11)16/h3-4,7,10,14,17H,5-6,8-9H2,1-2H3. The average Bonchev–Trinajstić information content (AvgIpc) is 2.30. The van der Waals surface area contributed by atoms with Crippen molar-refractivity contribution in [1.29, 1.82) is 0 Å². The zero-order chi connectivity index (χ0) is 13.1. The molecule has 2 atom stereocenters. The third-order valence-electron chi connectivity index (χ3n) is 3.68. The fraction of sp³-hybridized carbons (Fsp3) is 0.571. The molecule has 18 heavy (non-hydrogen) atoms. The second kappa shape index (κ2) is 6.25. The molecule has 0 saturated carbocycles. The van der Waals surface area contributed by atoms with Crippen LogP contribution in [0.2, 0.25) is 10.0 Å². The van der Waals surface area contributed by atoms with E-state index >= 15 is 0 Å². The molecular weight excluding hydrogens is 267 g/mol. The van der Waals surface area contributed by atoms with Crippen LogP contribution in [-0.2, 0) is 6.54 Å². The minimum Gasteiger partial charge on any atom is -0.310 e. The Labute approximate surface area is 119 Å². The number of hydrogen-bond donors (Lipinski definition) is 1. The minimum absolute atomic E-state index is 0.577. The molecule has 0 amide bonds. The van der Waals surface area contributed by atoms with Gasteiger partial charge in [0.05, 0.1) is 0 Å². The molecule has 2 unspecified atom stereocenters. The first kappa shape index (κ1) is 14.1. The lowest BCUT2D eigenvalue weighted by molar-refractivity contribution is 0.174. The van der Waals surface area contributed by atoms with E-state index in [1.165, 1.54) is 6.42 Å². The van der Waals surface area contributed by atoms with E-state index in [1.54, 1.807) is 6.07 Å². The average molecular weight is 287 g/mol. The fourth-order valence-corrected chi connectivity index (χ4v) is 3.04. The van der Waals surface area contributed by atoms with E-state index in [9.17, 15) is 0 Å². The van der Waals surface area contributed by atoms with Gasteiger partial charge in [0.15, 0.2) is 0 Å². The van der Waals surface area contributed by atoms with Crippen molar-refractivity contribution in [2.24, 2.45) is 5.92 Å². The first-order valence-corrected chi connectivity index (χ1v) is 7.17. The Morgan fingerprint density at radius 3 is 2.83 bits per heavy atom. The topological polar surface area (TPSA) is 15.3 Å². The van der Waals surface area contributed by atoms with Crippen LogP contribution in [0.3, 0.4) is 0 Å². The maximum Gasteiger partial charge on any atom is 0.0465 e. The van der Waals surface area contributed by atoms with Crippen molar-refractivity contribution in [3.8, 4) is 0 Å². The SMILES string of the molecule is CC1CN(C)CCC1NCc1ccc(Cl)cc1Cl. The van der Waals surface area contributed by atoms with Gasteiger partial charge in [0.25, 0.3) is 0 Å². The zero-order valence-electron chi connectivity index (χ0n) is 10.9. The molecule has 0 spiro atoms. The summed E-state index contributed by atoms with van der Waals surface area (Å²) in [6.45, 7) is 5.44. The molecule has 2 nitrogen and oxygen atoms in total. The van der Waals surface area contributed by atoms with Gasteiger partial charge in [-0.05, 0) is 43.6 Å². The normalized spacial score (nSPS) is 25.3. The van der Waals surface area contributed by atoms with Crippen molar-refractivity contribution in [2.75, 3.05) is 20.1 Å². The summed E-state index contributed by atoms with van der Waals surface area (Å²) < 4.78 is 0. The molecule has 4 heteroatoms. The maximum atomic E-state index is 6.17. The number of piperidine rings is 1. The van der Waals surface area contributed by atoms with Crippen molar-refractivity contribution in [3.63, 3.8) is 0 Å². The molecule has 1 heterocycles. The molecule has 1 fully saturated rings. The number of halogens is 2. The molecule has 0 aromatic heterocycles. The van der Waals surface area contributed by atoms with Crippen molar-refractivity contribution >= 4 is 23.2 Å². The molecule has 0 aliphatic carbocycles. The van der Waals surface area contributed by atoms with Crippen LogP contribution in [0.1, 0.15) is 18.9 Å². The highest BCUT2D eigenvalue weighted by molar-refractivity contribution is 6.35. The highest BCUT2D eigenvalue weighted by Gasteiger charge is 2.23. The van der Waals surface area contributed by atoms with Crippen LogP contribution in [0.25, 0.3) is 0 Å². The summed E-state index contributed by atoms with van der Waals surface area (Å²) in [4.78, 5) is 2.39. The van der Waals surface area contributed by atoms with Crippen LogP contribution >= 0.6 is 23.2 Å². The van der Waals surface area contributed by atoms with Gasteiger partial charge in [-0.1, -0.05) is 36.2 Å². The Bertz CT molecular complexity index is 409. The summed E-state index contributed by atoms with van der Waals surface area (Å²) in [5, 5.41) is 5.05. The predicted molar refractivity (Wildman–Crippen MR) is 78.4 cm³/mol. The molecule has 0 radical (unpaired) electrons. The Hall–Kier alpha value is -0.280. The third kappa shape index (κ3) is 3.61. The largest absolute Gasteiger partial charge is 0.310 e. The van der Waals surface area contributed by atoms with Gasteiger partial charge in [0, 0.05) is 29.2 Å². The summed E-state index contributed by atoms with van der Waals surface area (Å²) in [5.41, 5.74) is 1.12. The minimum atomic E-state index is 0.577. The van der Waals surface area contributed by atoms with E-state index in [1.807, 2.05) is 12.1 Å². The first-order valence-electron chi connectivity index (χ1n) is 6.42. The summed E-state index contributed by atoms with van der Waals surface area (Å²) in [6, 6.07) is 6.27. The van der Waals surface area contributed by atoms with E-state index < -0.39 is 0 Å². The molecule has 1 aliphatic rings. The quantitative estimate of drug-likeness (QED) is 0.916. The summed E-state index contributed by atoms with van der Waals surface area (Å²) in [7, 11) is 2.18. The maximum absolute atomic E-state index is 6.17. The van der Waals surface area contributed by atoms with Gasteiger partial charge in [-0.25, -0.2) is 0 Å². The number of nitrogens with one attached hydrogen (secondary N) is 1. The smallest absolute Gasteiger partial charge is 0.0465 e. The lowest BCUT2D eigenvalue weighted by Gasteiger charge is -2.35. The fourth-order valence-electron chi connectivity index (χ4n) is 2.56. The van der Waals surface area contributed by atoms with Gasteiger partial charge in [-0.3, -0.25) is 0 Å². The zero-order valence-corrected chi connectivity index (χ0v) is 12.4. The Morgan fingerprint density at radius 2 is 2.17 bits per heavy atom. The highest BCUT2D eigenvalue weighted by atomic mass is 35.5. The highest BCUT2D eigenvalue weighted by Crippen LogP contribution is 2.22. The third-order valence-corrected chi connectivity index (χ3v) is 4.27. The van der Waals surface area contributed by atoms with Crippen LogP contribution in [0, 0.1) is 5.92 Å².